The maximum Gasteiger partial charge on any atom is 0.258 e. The molecule has 1 unspecified atom stereocenters. The van der Waals surface area contributed by atoms with E-state index >= 15 is 0 Å². The largest absolute Gasteiger partial charge is 0.334 e. The van der Waals surface area contributed by atoms with Crippen molar-refractivity contribution in [3.05, 3.63) is 34.1 Å². The lowest BCUT2D eigenvalue weighted by atomic mass is 10.1. The summed E-state index contributed by atoms with van der Waals surface area (Å²) in [4.78, 5) is 4.37. The third-order valence-corrected chi connectivity index (χ3v) is 3.59. The minimum atomic E-state index is 0.111. The number of hydrogen-bond acceptors (Lipinski definition) is 4. The summed E-state index contributed by atoms with van der Waals surface area (Å²) < 4.78 is 6.30. The van der Waals surface area contributed by atoms with Gasteiger partial charge in [-0.2, -0.15) is 4.98 Å². The zero-order valence-corrected chi connectivity index (χ0v) is 11.4. The van der Waals surface area contributed by atoms with Crippen molar-refractivity contribution >= 4 is 15.9 Å². The normalized spacial score (nSPS) is 12.7. The van der Waals surface area contributed by atoms with E-state index in [1.807, 2.05) is 32.0 Å². The van der Waals surface area contributed by atoms with E-state index < -0.39 is 0 Å². The van der Waals surface area contributed by atoms with E-state index in [0.29, 0.717) is 18.3 Å². The van der Waals surface area contributed by atoms with Crippen molar-refractivity contribution in [2.75, 3.05) is 6.54 Å². The van der Waals surface area contributed by atoms with Crippen molar-refractivity contribution in [1.82, 2.24) is 10.1 Å². The standard InChI is InChI=1S/C12H14BrN3O/c1-7(6-14)11-15-12(17-16-11)9-4-3-5-10(13)8(9)2/h3-5,7H,6,14H2,1-2H3. The lowest BCUT2D eigenvalue weighted by Crippen LogP contribution is -2.10. The molecule has 2 N–H and O–H groups in total. The van der Waals surface area contributed by atoms with Gasteiger partial charge in [0.25, 0.3) is 5.89 Å². The summed E-state index contributed by atoms with van der Waals surface area (Å²) in [5, 5.41) is 3.95. The first-order chi connectivity index (χ1) is 8.13. The molecule has 0 radical (unpaired) electrons. The van der Waals surface area contributed by atoms with Gasteiger partial charge in [-0.05, 0) is 24.6 Å². The first-order valence-corrected chi connectivity index (χ1v) is 6.22. The fourth-order valence-electron chi connectivity index (χ4n) is 1.49. The van der Waals surface area contributed by atoms with E-state index in [1.165, 1.54) is 0 Å². The molecule has 0 saturated carbocycles. The molecule has 2 rings (SSSR count). The summed E-state index contributed by atoms with van der Waals surface area (Å²) in [7, 11) is 0. The molecule has 1 atom stereocenters. The summed E-state index contributed by atoms with van der Waals surface area (Å²) in [6.07, 6.45) is 0. The van der Waals surface area contributed by atoms with Gasteiger partial charge in [0.05, 0.1) is 0 Å². The van der Waals surface area contributed by atoms with Crippen LogP contribution in [-0.4, -0.2) is 16.7 Å². The van der Waals surface area contributed by atoms with Crippen LogP contribution in [0.2, 0.25) is 0 Å². The minimum absolute atomic E-state index is 0.111. The van der Waals surface area contributed by atoms with Crippen LogP contribution >= 0.6 is 15.9 Å². The fourth-order valence-corrected chi connectivity index (χ4v) is 1.86. The number of rotatable bonds is 3. The van der Waals surface area contributed by atoms with Crippen LogP contribution in [0.1, 0.15) is 24.2 Å². The van der Waals surface area contributed by atoms with E-state index in [-0.39, 0.29) is 5.92 Å². The van der Waals surface area contributed by atoms with Gasteiger partial charge >= 0.3 is 0 Å². The maximum atomic E-state index is 5.58. The lowest BCUT2D eigenvalue weighted by Gasteiger charge is -2.02. The number of nitrogens with zero attached hydrogens (tertiary/aromatic N) is 2. The van der Waals surface area contributed by atoms with E-state index in [0.717, 1.165) is 15.6 Å². The zero-order chi connectivity index (χ0) is 12.4. The monoisotopic (exact) mass is 295 g/mol. The molecule has 0 amide bonds. The van der Waals surface area contributed by atoms with Crippen LogP contribution in [0.5, 0.6) is 0 Å². The Hall–Kier alpha value is -1.20. The van der Waals surface area contributed by atoms with Crippen molar-refractivity contribution in [3.8, 4) is 11.5 Å². The molecular weight excluding hydrogens is 282 g/mol. The molecule has 1 aromatic carbocycles. The van der Waals surface area contributed by atoms with Gasteiger partial charge in [-0.15, -0.1) is 0 Å². The van der Waals surface area contributed by atoms with Gasteiger partial charge in [-0.3, -0.25) is 0 Å². The molecule has 1 aromatic heterocycles. The van der Waals surface area contributed by atoms with Crippen molar-refractivity contribution in [3.63, 3.8) is 0 Å². The molecule has 4 nitrogen and oxygen atoms in total. The summed E-state index contributed by atoms with van der Waals surface area (Å²) >= 11 is 3.48. The topological polar surface area (TPSA) is 64.9 Å². The van der Waals surface area contributed by atoms with Crippen molar-refractivity contribution in [2.45, 2.75) is 19.8 Å². The first-order valence-electron chi connectivity index (χ1n) is 5.42. The van der Waals surface area contributed by atoms with Gasteiger partial charge in [-0.1, -0.05) is 34.1 Å². The second kappa shape index (κ2) is 4.98. The number of aromatic nitrogens is 2. The number of hydrogen-bond donors (Lipinski definition) is 1. The van der Waals surface area contributed by atoms with Crippen molar-refractivity contribution < 1.29 is 4.52 Å². The molecule has 0 aliphatic carbocycles. The molecule has 0 saturated heterocycles. The molecule has 0 aliphatic heterocycles. The summed E-state index contributed by atoms with van der Waals surface area (Å²) in [5.74, 6) is 1.31. The van der Waals surface area contributed by atoms with E-state index in [9.17, 15) is 0 Å². The molecule has 0 bridgehead atoms. The quantitative estimate of drug-likeness (QED) is 0.946. The highest BCUT2D eigenvalue weighted by molar-refractivity contribution is 9.10. The van der Waals surface area contributed by atoms with Gasteiger partial charge < -0.3 is 10.3 Å². The second-order valence-corrected chi connectivity index (χ2v) is 4.86. The Morgan fingerprint density at radius 2 is 2.24 bits per heavy atom. The zero-order valence-electron chi connectivity index (χ0n) is 9.77. The Kier molecular flexibility index (Phi) is 3.59. The first kappa shape index (κ1) is 12.3. The van der Waals surface area contributed by atoms with E-state index in [4.69, 9.17) is 10.3 Å². The molecule has 5 heteroatoms. The van der Waals surface area contributed by atoms with Crippen LogP contribution in [0, 0.1) is 6.92 Å². The molecule has 17 heavy (non-hydrogen) atoms. The summed E-state index contributed by atoms with van der Waals surface area (Å²) in [6.45, 7) is 4.49. The maximum absolute atomic E-state index is 5.58. The molecule has 90 valence electrons. The predicted molar refractivity (Wildman–Crippen MR) is 69.6 cm³/mol. The Bertz CT molecular complexity index is 524. The Labute approximate surface area is 108 Å². The van der Waals surface area contributed by atoms with Gasteiger partial charge in [-0.25, -0.2) is 0 Å². The van der Waals surface area contributed by atoms with Gasteiger partial charge in [0.1, 0.15) is 0 Å². The van der Waals surface area contributed by atoms with Gasteiger partial charge in [0.2, 0.25) is 0 Å². The van der Waals surface area contributed by atoms with Gasteiger partial charge in [0, 0.05) is 22.5 Å². The number of benzene rings is 1. The van der Waals surface area contributed by atoms with E-state index in [1.54, 1.807) is 0 Å². The van der Waals surface area contributed by atoms with Crippen LogP contribution in [0.4, 0.5) is 0 Å². The van der Waals surface area contributed by atoms with Crippen LogP contribution in [0.3, 0.4) is 0 Å². The predicted octanol–water partition coefficient (Wildman–Crippen LogP) is 2.87. The molecule has 0 fully saturated rings. The highest BCUT2D eigenvalue weighted by Gasteiger charge is 2.15. The smallest absolute Gasteiger partial charge is 0.258 e. The summed E-state index contributed by atoms with van der Waals surface area (Å²) in [5.41, 5.74) is 7.61. The Morgan fingerprint density at radius 3 is 2.94 bits per heavy atom. The third kappa shape index (κ3) is 2.40. The van der Waals surface area contributed by atoms with Crippen molar-refractivity contribution in [2.24, 2.45) is 5.73 Å². The van der Waals surface area contributed by atoms with Crippen LogP contribution in [0.15, 0.2) is 27.2 Å². The van der Waals surface area contributed by atoms with Crippen molar-refractivity contribution in [1.29, 1.82) is 0 Å². The molecule has 2 aromatic rings. The molecule has 0 aliphatic rings. The average Bonchev–Trinajstić information content (AvgIpc) is 2.81. The molecular formula is C12H14BrN3O. The second-order valence-electron chi connectivity index (χ2n) is 4.01. The van der Waals surface area contributed by atoms with Crippen LogP contribution in [-0.2, 0) is 0 Å². The molecule has 1 heterocycles. The van der Waals surface area contributed by atoms with Gasteiger partial charge in [0.15, 0.2) is 5.82 Å². The minimum Gasteiger partial charge on any atom is -0.334 e. The Balaban J connectivity index is 2.40. The summed E-state index contributed by atoms with van der Waals surface area (Å²) in [6, 6.07) is 5.89. The third-order valence-electron chi connectivity index (χ3n) is 2.73. The number of nitrogens with two attached hydrogens (primary N) is 1. The van der Waals surface area contributed by atoms with Crippen LogP contribution in [0.25, 0.3) is 11.5 Å². The molecule has 0 spiro atoms. The average molecular weight is 296 g/mol. The van der Waals surface area contributed by atoms with Crippen LogP contribution < -0.4 is 5.73 Å². The highest BCUT2D eigenvalue weighted by atomic mass is 79.9. The number of halogens is 1. The van der Waals surface area contributed by atoms with E-state index in [2.05, 4.69) is 26.1 Å². The Morgan fingerprint density at radius 1 is 1.47 bits per heavy atom. The highest BCUT2D eigenvalue weighted by Crippen LogP contribution is 2.28. The lowest BCUT2D eigenvalue weighted by molar-refractivity contribution is 0.417. The fraction of sp³-hybridized carbons (Fsp3) is 0.333. The SMILES string of the molecule is Cc1c(Br)cccc1-c1nc(C(C)CN)no1.